The van der Waals surface area contributed by atoms with E-state index in [9.17, 15) is 14.4 Å². The minimum atomic E-state index is -1.11. The molecular weight excluding hydrogens is 255 g/mol. The van der Waals surface area contributed by atoms with E-state index in [1.165, 1.54) is 6.92 Å². The van der Waals surface area contributed by atoms with Gasteiger partial charge in [-0.25, -0.2) is 0 Å². The minimum absolute atomic E-state index is 0.182. The normalized spacial score (nSPS) is 11.6. The first kappa shape index (κ1) is 12.9. The van der Waals surface area contributed by atoms with Gasteiger partial charge in [-0.05, 0) is 0 Å². The van der Waals surface area contributed by atoms with Gasteiger partial charge in [0.15, 0.2) is 0 Å². The average molecular weight is 266 g/mol. The molecule has 1 radical (unpaired) electrons. The molecule has 7 heteroatoms. The van der Waals surface area contributed by atoms with Gasteiger partial charge in [0.1, 0.15) is 0 Å². The fourth-order valence-electron chi connectivity index (χ4n) is 0.625. The van der Waals surface area contributed by atoms with Gasteiger partial charge in [-0.3, -0.25) is 0 Å². The van der Waals surface area contributed by atoms with Crippen LogP contribution in [0.1, 0.15) is 6.92 Å². The second kappa shape index (κ2) is 6.39. The quantitative estimate of drug-likeness (QED) is 0.516. The number of rotatable bonds is 5. The third-order valence-electron chi connectivity index (χ3n) is 1.30. The van der Waals surface area contributed by atoms with E-state index in [0.29, 0.717) is 0 Å². The standard InChI is InChI=1S/C7H11N2O4Se/c1-4(10)8-2-6(11)9-5(3-14)7(12)13/h5H,2-3H2,1H3,(H,8,10)(H,9,11)(H,12,13)/t5-/m0/s1. The zero-order chi connectivity index (χ0) is 11.1. The van der Waals surface area contributed by atoms with Gasteiger partial charge in [-0.1, -0.05) is 0 Å². The molecule has 14 heavy (non-hydrogen) atoms. The maximum absolute atomic E-state index is 11.0. The van der Waals surface area contributed by atoms with E-state index in [4.69, 9.17) is 5.11 Å². The van der Waals surface area contributed by atoms with Crippen molar-refractivity contribution in [2.75, 3.05) is 6.54 Å². The van der Waals surface area contributed by atoms with E-state index in [-0.39, 0.29) is 17.8 Å². The number of aliphatic carboxylic acids is 1. The van der Waals surface area contributed by atoms with Crippen molar-refractivity contribution in [2.24, 2.45) is 0 Å². The zero-order valence-electron chi connectivity index (χ0n) is 7.57. The molecule has 0 fully saturated rings. The molecule has 79 valence electrons. The van der Waals surface area contributed by atoms with Crippen LogP contribution >= 0.6 is 0 Å². The average Bonchev–Trinajstić information content (AvgIpc) is 2.10. The van der Waals surface area contributed by atoms with E-state index in [2.05, 4.69) is 26.6 Å². The van der Waals surface area contributed by atoms with Gasteiger partial charge in [0, 0.05) is 0 Å². The molecule has 6 nitrogen and oxygen atoms in total. The Bertz CT molecular complexity index is 244. The van der Waals surface area contributed by atoms with E-state index in [1.807, 2.05) is 0 Å². The summed E-state index contributed by atoms with van der Waals surface area (Å²) in [6, 6.07) is -0.948. The number of amides is 2. The molecule has 0 aromatic heterocycles. The number of hydrogen-bond acceptors (Lipinski definition) is 3. The molecule has 1 atom stereocenters. The van der Waals surface area contributed by atoms with Crippen LogP contribution in [0.2, 0.25) is 5.32 Å². The predicted octanol–water partition coefficient (Wildman–Crippen LogP) is -1.72. The van der Waals surface area contributed by atoms with Crippen LogP contribution in [0.4, 0.5) is 0 Å². The van der Waals surface area contributed by atoms with Crippen molar-refractivity contribution in [3.8, 4) is 0 Å². The first-order valence-corrected chi connectivity index (χ1v) is 5.03. The first-order valence-electron chi connectivity index (χ1n) is 3.82. The Kier molecular flexibility index (Phi) is 5.90. The fraction of sp³-hybridized carbons (Fsp3) is 0.571. The van der Waals surface area contributed by atoms with Crippen molar-refractivity contribution in [1.82, 2.24) is 10.6 Å². The number of carbonyl (C=O) groups is 3. The number of hydrogen-bond donors (Lipinski definition) is 3. The number of carboxylic acid groups (broad SMARTS) is 1. The van der Waals surface area contributed by atoms with Gasteiger partial charge in [-0.15, -0.1) is 0 Å². The van der Waals surface area contributed by atoms with Gasteiger partial charge < -0.3 is 0 Å². The summed E-state index contributed by atoms with van der Waals surface area (Å²) in [5, 5.41) is 13.3. The molecule has 0 aromatic carbocycles. The summed E-state index contributed by atoms with van der Waals surface area (Å²) < 4.78 is 0. The van der Waals surface area contributed by atoms with Crippen molar-refractivity contribution in [1.29, 1.82) is 0 Å². The van der Waals surface area contributed by atoms with Crippen LogP contribution < -0.4 is 10.6 Å². The molecule has 0 spiro atoms. The van der Waals surface area contributed by atoms with Crippen molar-refractivity contribution < 1.29 is 19.5 Å². The van der Waals surface area contributed by atoms with Gasteiger partial charge in [-0.2, -0.15) is 0 Å². The van der Waals surface area contributed by atoms with Gasteiger partial charge >= 0.3 is 88.7 Å². The van der Waals surface area contributed by atoms with Gasteiger partial charge in [0.2, 0.25) is 0 Å². The monoisotopic (exact) mass is 267 g/mol. The summed E-state index contributed by atoms with van der Waals surface area (Å²) in [5.41, 5.74) is 0. The third-order valence-corrected chi connectivity index (χ3v) is 2.00. The van der Waals surface area contributed by atoms with Crippen LogP contribution in [0, 0.1) is 0 Å². The Morgan fingerprint density at radius 3 is 2.36 bits per heavy atom. The van der Waals surface area contributed by atoms with E-state index in [1.54, 1.807) is 0 Å². The molecule has 0 aliphatic heterocycles. The maximum atomic E-state index is 11.0. The third kappa shape index (κ3) is 5.55. The van der Waals surface area contributed by atoms with Crippen LogP contribution in [0.3, 0.4) is 0 Å². The van der Waals surface area contributed by atoms with E-state index < -0.39 is 17.9 Å². The molecular formula is C7H11N2O4Se. The molecule has 2 amide bonds. The SMILES string of the molecule is CC(=O)NCC(=O)N[C@@H](C[Se])C(=O)O. The topological polar surface area (TPSA) is 95.5 Å². The predicted molar refractivity (Wildman–Crippen MR) is 48.8 cm³/mol. The summed E-state index contributed by atoms with van der Waals surface area (Å²) in [6.45, 7) is 1.06. The Hall–Kier alpha value is -1.07. The van der Waals surface area contributed by atoms with Crippen molar-refractivity contribution in [3.05, 3.63) is 0 Å². The van der Waals surface area contributed by atoms with Crippen LogP contribution in [0.5, 0.6) is 0 Å². The Morgan fingerprint density at radius 2 is 2.00 bits per heavy atom. The summed E-state index contributed by atoms with van der Waals surface area (Å²) >= 11 is 2.51. The van der Waals surface area contributed by atoms with Crippen LogP contribution in [0.25, 0.3) is 0 Å². The second-order valence-electron chi connectivity index (χ2n) is 2.53. The Labute approximate surface area is 89.2 Å². The first-order chi connectivity index (χ1) is 6.47. The van der Waals surface area contributed by atoms with Crippen molar-refractivity contribution >= 4 is 33.8 Å². The Morgan fingerprint density at radius 1 is 1.43 bits per heavy atom. The van der Waals surface area contributed by atoms with Crippen molar-refractivity contribution in [2.45, 2.75) is 18.3 Å². The molecule has 3 N–H and O–H groups in total. The molecule has 0 rings (SSSR count). The molecule has 0 saturated heterocycles. The second-order valence-corrected chi connectivity index (χ2v) is 3.23. The number of carbonyl (C=O) groups excluding carboxylic acids is 2. The summed E-state index contributed by atoms with van der Waals surface area (Å²) in [5.74, 6) is -1.97. The molecule has 0 aliphatic rings. The molecule has 0 aromatic rings. The Balaban J connectivity index is 3.91. The van der Waals surface area contributed by atoms with Crippen LogP contribution in [-0.4, -0.2) is 51.5 Å². The van der Waals surface area contributed by atoms with E-state index in [0.717, 1.165) is 0 Å². The van der Waals surface area contributed by atoms with Gasteiger partial charge in [0.05, 0.1) is 0 Å². The van der Waals surface area contributed by atoms with Crippen LogP contribution in [0.15, 0.2) is 0 Å². The number of nitrogens with one attached hydrogen (secondary N) is 2. The fourth-order valence-corrected chi connectivity index (χ4v) is 1.10. The zero-order valence-corrected chi connectivity index (χ0v) is 9.28. The van der Waals surface area contributed by atoms with Crippen LogP contribution in [-0.2, 0) is 14.4 Å². The van der Waals surface area contributed by atoms with Gasteiger partial charge in [0.25, 0.3) is 0 Å². The summed E-state index contributed by atoms with van der Waals surface area (Å²) in [4.78, 5) is 31.9. The molecule has 0 aliphatic carbocycles. The molecule has 0 heterocycles. The summed E-state index contributed by atoms with van der Waals surface area (Å²) in [6.07, 6.45) is 0. The van der Waals surface area contributed by atoms with E-state index >= 15 is 0 Å². The number of carboxylic acids is 1. The molecule has 0 bridgehead atoms. The molecule has 0 unspecified atom stereocenters. The van der Waals surface area contributed by atoms with Crippen molar-refractivity contribution in [3.63, 3.8) is 0 Å². The summed E-state index contributed by atoms with van der Waals surface area (Å²) in [7, 11) is 0. The molecule has 0 saturated carbocycles.